The van der Waals surface area contributed by atoms with E-state index in [0.717, 1.165) is 17.0 Å². The lowest BCUT2D eigenvalue weighted by Crippen LogP contribution is -1.97. The molecule has 1 N–H and O–H groups in total. The molecule has 0 amide bonds. The molecule has 0 unspecified atom stereocenters. The topological polar surface area (TPSA) is 47.0 Å². The number of hydrogen-bond acceptors (Lipinski definition) is 4. The standard InChI is InChI=1S/C13H15N3O/c1-3-17-11-6-4-5-10(9-11)12-7-8-15-13(14-2)16-12/h4-9H,3H2,1-2H3,(H,14,15,16). The highest BCUT2D eigenvalue weighted by molar-refractivity contribution is 5.61. The normalized spacial score (nSPS) is 10.0. The molecule has 0 fully saturated rings. The van der Waals surface area contributed by atoms with Gasteiger partial charge in [-0.2, -0.15) is 0 Å². The van der Waals surface area contributed by atoms with Gasteiger partial charge in [0.15, 0.2) is 0 Å². The number of nitrogens with zero attached hydrogens (tertiary/aromatic N) is 2. The van der Waals surface area contributed by atoms with Gasteiger partial charge in [0, 0.05) is 18.8 Å². The van der Waals surface area contributed by atoms with Crippen molar-refractivity contribution in [3.63, 3.8) is 0 Å². The van der Waals surface area contributed by atoms with Gasteiger partial charge in [0.05, 0.1) is 12.3 Å². The summed E-state index contributed by atoms with van der Waals surface area (Å²) in [6.45, 7) is 2.63. The van der Waals surface area contributed by atoms with Gasteiger partial charge in [-0.25, -0.2) is 9.97 Å². The Bertz CT molecular complexity index is 500. The van der Waals surface area contributed by atoms with E-state index >= 15 is 0 Å². The molecule has 0 saturated carbocycles. The molecule has 0 spiro atoms. The Hall–Kier alpha value is -2.10. The number of benzene rings is 1. The largest absolute Gasteiger partial charge is 0.494 e. The molecular weight excluding hydrogens is 214 g/mol. The maximum atomic E-state index is 5.47. The van der Waals surface area contributed by atoms with E-state index in [-0.39, 0.29) is 0 Å². The first-order chi connectivity index (χ1) is 8.33. The highest BCUT2D eigenvalue weighted by atomic mass is 16.5. The molecule has 1 heterocycles. The summed E-state index contributed by atoms with van der Waals surface area (Å²) < 4.78 is 5.47. The maximum absolute atomic E-state index is 5.47. The summed E-state index contributed by atoms with van der Waals surface area (Å²) in [5.41, 5.74) is 1.90. The van der Waals surface area contributed by atoms with E-state index < -0.39 is 0 Å². The van der Waals surface area contributed by atoms with Gasteiger partial charge in [-0.3, -0.25) is 0 Å². The van der Waals surface area contributed by atoms with Crippen molar-refractivity contribution in [3.8, 4) is 17.0 Å². The van der Waals surface area contributed by atoms with Crippen molar-refractivity contribution >= 4 is 5.95 Å². The molecule has 0 aliphatic heterocycles. The molecule has 4 heteroatoms. The fourth-order valence-electron chi connectivity index (χ4n) is 1.55. The molecule has 17 heavy (non-hydrogen) atoms. The summed E-state index contributed by atoms with van der Waals surface area (Å²) in [4.78, 5) is 8.47. The van der Waals surface area contributed by atoms with Crippen LogP contribution in [0.5, 0.6) is 5.75 Å². The highest BCUT2D eigenvalue weighted by Crippen LogP contribution is 2.22. The van der Waals surface area contributed by atoms with Crippen molar-refractivity contribution < 1.29 is 4.74 Å². The van der Waals surface area contributed by atoms with Crippen LogP contribution in [0.2, 0.25) is 0 Å². The second kappa shape index (κ2) is 5.30. The van der Waals surface area contributed by atoms with Crippen LogP contribution in [-0.2, 0) is 0 Å². The molecule has 0 saturated heterocycles. The molecule has 4 nitrogen and oxygen atoms in total. The summed E-state index contributed by atoms with van der Waals surface area (Å²) >= 11 is 0. The van der Waals surface area contributed by atoms with E-state index in [4.69, 9.17) is 4.74 Å². The van der Waals surface area contributed by atoms with Gasteiger partial charge in [-0.15, -0.1) is 0 Å². The zero-order valence-electron chi connectivity index (χ0n) is 9.97. The molecular formula is C13H15N3O. The molecule has 1 aromatic heterocycles. The number of hydrogen-bond donors (Lipinski definition) is 1. The summed E-state index contributed by atoms with van der Waals surface area (Å²) in [6.07, 6.45) is 1.74. The zero-order chi connectivity index (χ0) is 12.1. The van der Waals surface area contributed by atoms with E-state index in [1.54, 1.807) is 13.2 Å². The monoisotopic (exact) mass is 229 g/mol. The first-order valence-electron chi connectivity index (χ1n) is 5.57. The molecule has 0 aliphatic rings. The Morgan fingerprint density at radius 1 is 1.29 bits per heavy atom. The van der Waals surface area contributed by atoms with Crippen LogP contribution < -0.4 is 10.1 Å². The number of aromatic nitrogens is 2. The minimum atomic E-state index is 0.615. The molecule has 0 radical (unpaired) electrons. The van der Waals surface area contributed by atoms with Crippen molar-refractivity contribution in [1.29, 1.82) is 0 Å². The molecule has 0 aliphatic carbocycles. The second-order valence-electron chi connectivity index (χ2n) is 3.48. The van der Waals surface area contributed by atoms with Crippen LogP contribution in [0.15, 0.2) is 36.5 Å². The predicted molar refractivity (Wildman–Crippen MR) is 68.2 cm³/mol. The van der Waals surface area contributed by atoms with Gasteiger partial charge in [-0.1, -0.05) is 12.1 Å². The van der Waals surface area contributed by atoms with Crippen LogP contribution in [0, 0.1) is 0 Å². The number of nitrogens with one attached hydrogen (secondary N) is 1. The van der Waals surface area contributed by atoms with Crippen molar-refractivity contribution in [2.75, 3.05) is 19.0 Å². The van der Waals surface area contributed by atoms with E-state index in [9.17, 15) is 0 Å². The van der Waals surface area contributed by atoms with Gasteiger partial charge in [-0.05, 0) is 25.1 Å². The third kappa shape index (κ3) is 2.72. The average Bonchev–Trinajstić information content (AvgIpc) is 2.40. The summed E-state index contributed by atoms with van der Waals surface area (Å²) in [5, 5.41) is 2.92. The number of ether oxygens (including phenoxy) is 1. The molecule has 0 bridgehead atoms. The first-order valence-corrected chi connectivity index (χ1v) is 5.57. The minimum Gasteiger partial charge on any atom is -0.494 e. The van der Waals surface area contributed by atoms with Crippen molar-refractivity contribution in [1.82, 2.24) is 9.97 Å². The van der Waals surface area contributed by atoms with Crippen LogP contribution in [0.1, 0.15) is 6.92 Å². The molecule has 0 atom stereocenters. The third-order valence-electron chi connectivity index (χ3n) is 2.32. The average molecular weight is 229 g/mol. The smallest absolute Gasteiger partial charge is 0.222 e. The van der Waals surface area contributed by atoms with Crippen LogP contribution >= 0.6 is 0 Å². The molecule has 2 rings (SSSR count). The van der Waals surface area contributed by atoms with Crippen LogP contribution in [0.25, 0.3) is 11.3 Å². The fraction of sp³-hybridized carbons (Fsp3) is 0.231. The number of anilines is 1. The first kappa shape index (κ1) is 11.4. The Balaban J connectivity index is 2.34. The lowest BCUT2D eigenvalue weighted by atomic mass is 10.1. The van der Waals surface area contributed by atoms with E-state index in [1.165, 1.54) is 0 Å². The third-order valence-corrected chi connectivity index (χ3v) is 2.32. The van der Waals surface area contributed by atoms with E-state index in [1.807, 2.05) is 37.3 Å². The Morgan fingerprint density at radius 3 is 2.94 bits per heavy atom. The molecule has 1 aromatic carbocycles. The quantitative estimate of drug-likeness (QED) is 0.875. The predicted octanol–water partition coefficient (Wildman–Crippen LogP) is 2.58. The second-order valence-corrected chi connectivity index (χ2v) is 3.48. The van der Waals surface area contributed by atoms with Gasteiger partial charge in [0.1, 0.15) is 5.75 Å². The van der Waals surface area contributed by atoms with Crippen LogP contribution in [0.3, 0.4) is 0 Å². The number of rotatable bonds is 4. The van der Waals surface area contributed by atoms with Gasteiger partial charge in [0.25, 0.3) is 0 Å². The van der Waals surface area contributed by atoms with E-state index in [2.05, 4.69) is 15.3 Å². The fourth-order valence-corrected chi connectivity index (χ4v) is 1.55. The Labute approximate surface area is 101 Å². The lowest BCUT2D eigenvalue weighted by Gasteiger charge is -2.06. The van der Waals surface area contributed by atoms with Gasteiger partial charge >= 0.3 is 0 Å². The van der Waals surface area contributed by atoms with Crippen molar-refractivity contribution in [2.45, 2.75) is 6.92 Å². The molecule has 88 valence electrons. The van der Waals surface area contributed by atoms with Crippen molar-refractivity contribution in [2.24, 2.45) is 0 Å². The summed E-state index contributed by atoms with van der Waals surface area (Å²) in [5.74, 6) is 1.47. The van der Waals surface area contributed by atoms with Crippen LogP contribution in [0.4, 0.5) is 5.95 Å². The minimum absolute atomic E-state index is 0.615. The van der Waals surface area contributed by atoms with Gasteiger partial charge < -0.3 is 10.1 Å². The molecule has 2 aromatic rings. The van der Waals surface area contributed by atoms with Crippen LogP contribution in [-0.4, -0.2) is 23.6 Å². The van der Waals surface area contributed by atoms with E-state index in [0.29, 0.717) is 12.6 Å². The zero-order valence-corrected chi connectivity index (χ0v) is 9.97. The summed E-state index contributed by atoms with van der Waals surface area (Å²) in [7, 11) is 1.80. The lowest BCUT2D eigenvalue weighted by molar-refractivity contribution is 0.340. The van der Waals surface area contributed by atoms with Crippen molar-refractivity contribution in [3.05, 3.63) is 36.5 Å². The summed E-state index contributed by atoms with van der Waals surface area (Å²) in [6, 6.07) is 9.76. The highest BCUT2D eigenvalue weighted by Gasteiger charge is 2.02. The van der Waals surface area contributed by atoms with Gasteiger partial charge in [0.2, 0.25) is 5.95 Å². The SMILES string of the molecule is CCOc1cccc(-c2ccnc(NC)n2)c1. The maximum Gasteiger partial charge on any atom is 0.222 e. The Morgan fingerprint density at radius 2 is 2.18 bits per heavy atom. The Kier molecular flexibility index (Phi) is 3.55.